The lowest BCUT2D eigenvalue weighted by atomic mass is 9.83. The van der Waals surface area contributed by atoms with Gasteiger partial charge in [0.2, 0.25) is 15.9 Å². The first-order valence-corrected chi connectivity index (χ1v) is 13.8. The van der Waals surface area contributed by atoms with Gasteiger partial charge in [0.05, 0.1) is 4.90 Å². The number of sulfonamides is 1. The lowest BCUT2D eigenvalue weighted by Crippen LogP contribution is -2.47. The fraction of sp³-hybridized carbons (Fsp3) is 0.720. The molecule has 5 nitrogen and oxygen atoms in total. The van der Waals surface area contributed by atoms with Crippen LogP contribution in [-0.2, 0) is 27.7 Å². The van der Waals surface area contributed by atoms with E-state index in [2.05, 4.69) is 12.2 Å². The smallest absolute Gasteiger partial charge is 0.243 e. The van der Waals surface area contributed by atoms with Gasteiger partial charge in [-0.1, -0.05) is 12.5 Å². The summed E-state index contributed by atoms with van der Waals surface area (Å²) in [6.45, 7) is 3.03. The number of benzene rings is 1. The summed E-state index contributed by atoms with van der Waals surface area (Å²) in [7, 11) is -3.48. The van der Waals surface area contributed by atoms with Crippen molar-refractivity contribution >= 4 is 15.9 Å². The van der Waals surface area contributed by atoms with Crippen LogP contribution in [0.1, 0.15) is 69.4 Å². The van der Waals surface area contributed by atoms with Crippen molar-refractivity contribution in [2.75, 3.05) is 13.1 Å². The van der Waals surface area contributed by atoms with Crippen molar-refractivity contribution in [1.82, 2.24) is 9.62 Å². The molecule has 2 bridgehead atoms. The largest absolute Gasteiger partial charge is 0.353 e. The van der Waals surface area contributed by atoms with Gasteiger partial charge in [-0.15, -0.1) is 0 Å². The van der Waals surface area contributed by atoms with E-state index in [4.69, 9.17) is 0 Å². The molecule has 0 spiro atoms. The summed E-state index contributed by atoms with van der Waals surface area (Å²) in [5.74, 6) is 2.36. The number of aryl methyl sites for hydroxylation is 2. The molecule has 1 aromatic rings. The second-order valence-corrected chi connectivity index (χ2v) is 12.4. The van der Waals surface area contributed by atoms with Crippen LogP contribution < -0.4 is 5.32 Å². The van der Waals surface area contributed by atoms with Crippen LogP contribution in [0.3, 0.4) is 0 Å². The number of fused-ring (bicyclic) bond motifs is 3. The van der Waals surface area contributed by atoms with E-state index >= 15 is 0 Å². The molecular weight excluding hydrogens is 408 g/mol. The Kier molecular flexibility index (Phi) is 5.89. The lowest BCUT2D eigenvalue weighted by Gasteiger charge is -2.33. The third-order valence-corrected chi connectivity index (χ3v) is 10.5. The minimum Gasteiger partial charge on any atom is -0.353 e. The molecule has 4 atom stereocenters. The van der Waals surface area contributed by atoms with E-state index in [0.717, 1.165) is 31.1 Å². The lowest BCUT2D eigenvalue weighted by molar-refractivity contribution is -0.127. The number of amides is 1. The fourth-order valence-corrected chi connectivity index (χ4v) is 8.25. The van der Waals surface area contributed by atoms with Crippen LogP contribution in [0.5, 0.6) is 0 Å². The minimum absolute atomic E-state index is 0.0731. The molecule has 3 fully saturated rings. The highest BCUT2D eigenvalue weighted by Crippen LogP contribution is 2.49. The van der Waals surface area contributed by atoms with Crippen molar-refractivity contribution in [3.8, 4) is 0 Å². The summed E-state index contributed by atoms with van der Waals surface area (Å²) in [5, 5.41) is 3.29. The molecule has 1 saturated heterocycles. The quantitative estimate of drug-likeness (QED) is 0.749. The van der Waals surface area contributed by atoms with Gasteiger partial charge in [-0.3, -0.25) is 4.79 Å². The van der Waals surface area contributed by atoms with E-state index in [1.165, 1.54) is 43.2 Å². The molecule has 1 N–H and O–H groups in total. The van der Waals surface area contributed by atoms with E-state index in [1.54, 1.807) is 10.4 Å². The van der Waals surface area contributed by atoms with Crippen LogP contribution >= 0.6 is 0 Å². The first-order chi connectivity index (χ1) is 14.9. The van der Waals surface area contributed by atoms with Gasteiger partial charge in [-0.2, -0.15) is 4.31 Å². The molecule has 1 aromatic carbocycles. The van der Waals surface area contributed by atoms with Gasteiger partial charge in [0.15, 0.2) is 0 Å². The predicted octanol–water partition coefficient (Wildman–Crippen LogP) is 3.91. The molecule has 6 heteroatoms. The summed E-state index contributed by atoms with van der Waals surface area (Å²) in [4.78, 5) is 13.3. The summed E-state index contributed by atoms with van der Waals surface area (Å²) < 4.78 is 28.0. The molecule has 1 amide bonds. The summed E-state index contributed by atoms with van der Waals surface area (Å²) in [6, 6.07) is 5.90. The maximum Gasteiger partial charge on any atom is 0.243 e. The standard InChI is InChI=1S/C25H36N2O3S/c1-17(24-15-18-6-7-22(24)14-18)26-25(28)20-10-12-27(13-11-20)31(29,30)23-9-8-19-4-2-3-5-21(19)16-23/h8-9,16-18,20,22,24H,2-7,10-15H2,1H3,(H,26,28)/t17-,18-,22-,24+/m0/s1. The van der Waals surface area contributed by atoms with Gasteiger partial charge in [0.25, 0.3) is 0 Å². The Morgan fingerprint density at radius 2 is 1.77 bits per heavy atom. The maximum absolute atomic E-state index is 13.2. The van der Waals surface area contributed by atoms with Gasteiger partial charge in [0, 0.05) is 25.0 Å². The van der Waals surface area contributed by atoms with Crippen LogP contribution in [0.15, 0.2) is 23.1 Å². The Balaban J connectivity index is 1.17. The normalized spacial score (nSPS) is 30.2. The van der Waals surface area contributed by atoms with E-state index in [9.17, 15) is 13.2 Å². The van der Waals surface area contributed by atoms with Crippen molar-refractivity contribution in [1.29, 1.82) is 0 Å². The van der Waals surface area contributed by atoms with Gasteiger partial charge in [0.1, 0.15) is 0 Å². The highest BCUT2D eigenvalue weighted by atomic mass is 32.2. The van der Waals surface area contributed by atoms with E-state index in [1.807, 2.05) is 12.1 Å². The van der Waals surface area contributed by atoms with Crippen molar-refractivity contribution in [2.24, 2.45) is 23.7 Å². The molecule has 31 heavy (non-hydrogen) atoms. The Labute approximate surface area is 187 Å². The Morgan fingerprint density at radius 1 is 1.03 bits per heavy atom. The van der Waals surface area contributed by atoms with Crippen LogP contribution in [0.4, 0.5) is 0 Å². The minimum atomic E-state index is -3.48. The summed E-state index contributed by atoms with van der Waals surface area (Å²) >= 11 is 0. The fourth-order valence-electron chi connectivity index (χ4n) is 6.73. The van der Waals surface area contributed by atoms with Crippen LogP contribution in [0.2, 0.25) is 0 Å². The maximum atomic E-state index is 13.2. The van der Waals surface area contributed by atoms with E-state index < -0.39 is 10.0 Å². The Bertz CT molecular complexity index is 936. The number of carbonyl (C=O) groups excluding carboxylic acids is 1. The molecule has 0 radical (unpaired) electrons. The molecule has 1 heterocycles. The van der Waals surface area contributed by atoms with Crippen molar-refractivity contribution in [2.45, 2.75) is 82.1 Å². The van der Waals surface area contributed by atoms with Gasteiger partial charge < -0.3 is 5.32 Å². The molecule has 3 aliphatic carbocycles. The predicted molar refractivity (Wildman–Crippen MR) is 121 cm³/mol. The average molecular weight is 445 g/mol. The summed E-state index contributed by atoms with van der Waals surface area (Å²) in [5.41, 5.74) is 2.49. The molecule has 2 saturated carbocycles. The van der Waals surface area contributed by atoms with Crippen molar-refractivity contribution in [3.63, 3.8) is 0 Å². The monoisotopic (exact) mass is 444 g/mol. The number of nitrogens with zero attached hydrogens (tertiary/aromatic N) is 1. The number of carbonyl (C=O) groups is 1. The number of piperidine rings is 1. The number of nitrogens with one attached hydrogen (secondary N) is 1. The molecule has 0 unspecified atom stereocenters. The average Bonchev–Trinajstić information content (AvgIpc) is 3.43. The molecule has 1 aliphatic heterocycles. The zero-order valence-corrected chi connectivity index (χ0v) is 19.5. The first-order valence-electron chi connectivity index (χ1n) is 12.3. The zero-order valence-electron chi connectivity index (χ0n) is 18.7. The highest BCUT2D eigenvalue weighted by Gasteiger charge is 2.42. The molecule has 170 valence electrons. The summed E-state index contributed by atoms with van der Waals surface area (Å²) in [6.07, 6.45) is 10.9. The van der Waals surface area contributed by atoms with Crippen LogP contribution in [0.25, 0.3) is 0 Å². The Morgan fingerprint density at radius 3 is 2.45 bits per heavy atom. The van der Waals surface area contributed by atoms with Crippen LogP contribution in [0, 0.1) is 23.7 Å². The Hall–Kier alpha value is -1.40. The topological polar surface area (TPSA) is 66.5 Å². The number of hydrogen-bond donors (Lipinski definition) is 1. The van der Waals surface area contributed by atoms with Gasteiger partial charge >= 0.3 is 0 Å². The van der Waals surface area contributed by atoms with E-state index in [-0.39, 0.29) is 17.9 Å². The first kappa shape index (κ1) is 21.4. The van der Waals surface area contributed by atoms with Gasteiger partial charge in [-0.05, 0) is 106 Å². The van der Waals surface area contributed by atoms with Gasteiger partial charge in [-0.25, -0.2) is 8.42 Å². The SMILES string of the molecule is C[C@H](NC(=O)C1CCN(S(=O)(=O)c2ccc3c(c2)CCCC3)CC1)[C@H]1C[C@H]2CC[C@H]1C2. The van der Waals surface area contributed by atoms with E-state index in [0.29, 0.717) is 36.7 Å². The molecule has 5 rings (SSSR count). The number of rotatable bonds is 5. The molecule has 4 aliphatic rings. The third kappa shape index (κ3) is 4.18. The van der Waals surface area contributed by atoms with Crippen molar-refractivity contribution < 1.29 is 13.2 Å². The number of hydrogen-bond acceptors (Lipinski definition) is 3. The molecular formula is C25H36N2O3S. The second-order valence-electron chi connectivity index (χ2n) is 10.5. The molecule has 0 aromatic heterocycles. The third-order valence-electron chi connectivity index (χ3n) is 8.59. The van der Waals surface area contributed by atoms with Crippen LogP contribution in [-0.4, -0.2) is 37.8 Å². The second kappa shape index (κ2) is 8.51. The zero-order chi connectivity index (χ0) is 21.6. The van der Waals surface area contributed by atoms with Crippen molar-refractivity contribution in [3.05, 3.63) is 29.3 Å². The highest BCUT2D eigenvalue weighted by molar-refractivity contribution is 7.89.